The van der Waals surface area contributed by atoms with Gasteiger partial charge in [0.1, 0.15) is 29.8 Å². The van der Waals surface area contributed by atoms with Crippen LogP contribution in [0.4, 0.5) is 10.5 Å². The van der Waals surface area contributed by atoms with E-state index >= 15 is 0 Å². The molecule has 6 rings (SSSR count). The van der Waals surface area contributed by atoms with Crippen molar-refractivity contribution in [2.45, 2.75) is 128 Å². The summed E-state index contributed by atoms with van der Waals surface area (Å²) in [6, 6.07) is 7.40. The number of urea groups is 1. The topological polar surface area (TPSA) is 145 Å². The summed E-state index contributed by atoms with van der Waals surface area (Å²) in [6.45, 7) is 10.7. The van der Waals surface area contributed by atoms with Gasteiger partial charge in [-0.1, -0.05) is 69.4 Å². The van der Waals surface area contributed by atoms with Crippen molar-refractivity contribution in [1.29, 1.82) is 0 Å². The highest BCUT2D eigenvalue weighted by Gasteiger charge is 2.60. The van der Waals surface area contributed by atoms with Crippen LogP contribution in [0.3, 0.4) is 0 Å². The van der Waals surface area contributed by atoms with E-state index in [0.717, 1.165) is 29.7 Å². The Morgan fingerprint density at radius 3 is 2.68 bits per heavy atom. The van der Waals surface area contributed by atoms with Crippen molar-refractivity contribution in [2.24, 2.45) is 17.8 Å². The lowest BCUT2D eigenvalue weighted by Crippen LogP contribution is -2.58. The minimum Gasteiger partial charge on any atom is -0.462 e. The first-order chi connectivity index (χ1) is 25.4. The zero-order valence-electron chi connectivity index (χ0n) is 32.0. The molecule has 3 saturated heterocycles. The standard InChI is InChI=1S/C42H58N2O9/c1-7-35-25(2)17-19-41(53-35)23-32-22-31(52-41)16-15-27(4)37(49-20-18-29-12-8-9-14-34(29)44-40(47)43-6)26(3)11-10-13-30-24-50-38-36(45)28(5)21-33(39(46)51-32)42(30,38)48/h8-15,21,25-26,31-33,35-38,45,48H,7,16-20,22-24H2,1-6H3,(H2,43,44,47)/b11-10+,27-15+,30-13+/t25-,26-,31+,32-,33-,35+,36+,37+,38-,41+,42+/m0/s1. The predicted octanol–water partition coefficient (Wildman–Crippen LogP) is 5.91. The molecule has 290 valence electrons. The van der Waals surface area contributed by atoms with E-state index in [-0.39, 0.29) is 36.9 Å². The number of hydrogen-bond acceptors (Lipinski definition) is 9. The fraction of sp³-hybridized carbons (Fsp3) is 0.619. The molecule has 5 aliphatic rings. The first kappa shape index (κ1) is 39.4. The van der Waals surface area contributed by atoms with E-state index in [1.807, 2.05) is 36.4 Å². The predicted molar refractivity (Wildman–Crippen MR) is 201 cm³/mol. The van der Waals surface area contributed by atoms with Gasteiger partial charge in [0.2, 0.25) is 0 Å². The van der Waals surface area contributed by atoms with E-state index in [2.05, 4.69) is 44.4 Å². The molecule has 1 aliphatic carbocycles. The lowest BCUT2D eigenvalue weighted by atomic mass is 9.71. The minimum absolute atomic E-state index is 0.0336. The third-order valence-electron chi connectivity index (χ3n) is 11.9. The Bertz CT molecular complexity index is 1620. The minimum atomic E-state index is -1.78. The summed E-state index contributed by atoms with van der Waals surface area (Å²) in [5, 5.41) is 28.9. The fourth-order valence-electron chi connectivity index (χ4n) is 8.79. The quantitative estimate of drug-likeness (QED) is 0.207. The molecule has 11 heteroatoms. The van der Waals surface area contributed by atoms with Crippen LogP contribution in [0.25, 0.3) is 0 Å². The number of amides is 2. The molecule has 11 nitrogen and oxygen atoms in total. The number of aliphatic hydroxyl groups excluding tert-OH is 1. The van der Waals surface area contributed by atoms with Crippen LogP contribution in [-0.4, -0.2) is 90.5 Å². The van der Waals surface area contributed by atoms with Gasteiger partial charge in [0.15, 0.2) is 5.79 Å². The zero-order chi connectivity index (χ0) is 37.9. The Balaban J connectivity index is 1.32. The zero-order valence-corrected chi connectivity index (χ0v) is 32.0. The van der Waals surface area contributed by atoms with Gasteiger partial charge >= 0.3 is 12.0 Å². The van der Waals surface area contributed by atoms with E-state index in [1.165, 1.54) is 0 Å². The number of carbonyl (C=O) groups excluding carboxylic acids is 2. The number of benzene rings is 1. The number of carbonyl (C=O) groups is 2. The lowest BCUT2D eigenvalue weighted by Gasteiger charge is -2.50. The molecule has 11 atom stereocenters. The number of esters is 1. The van der Waals surface area contributed by atoms with Gasteiger partial charge in [-0.2, -0.15) is 0 Å². The number of nitrogens with one attached hydrogen (secondary N) is 2. The van der Waals surface area contributed by atoms with Gasteiger partial charge in [0, 0.05) is 37.9 Å². The normalized spacial score (nSPS) is 40.1. The Labute approximate surface area is 313 Å². The summed E-state index contributed by atoms with van der Waals surface area (Å²) in [5.74, 6) is -2.18. The van der Waals surface area contributed by atoms with Gasteiger partial charge in [-0.3, -0.25) is 4.79 Å². The van der Waals surface area contributed by atoms with Crippen molar-refractivity contribution >= 4 is 17.7 Å². The summed E-state index contributed by atoms with van der Waals surface area (Å²) in [7, 11) is 1.58. The number of fused-ring (bicyclic) bond motifs is 2. The Morgan fingerprint density at radius 1 is 1.11 bits per heavy atom. The van der Waals surface area contributed by atoms with Crippen LogP contribution in [0.2, 0.25) is 0 Å². The van der Waals surface area contributed by atoms with Crippen molar-refractivity contribution in [3.63, 3.8) is 0 Å². The largest absolute Gasteiger partial charge is 0.462 e. The molecule has 0 aromatic heterocycles. The van der Waals surface area contributed by atoms with E-state index in [0.29, 0.717) is 55.8 Å². The van der Waals surface area contributed by atoms with E-state index in [9.17, 15) is 19.8 Å². The van der Waals surface area contributed by atoms with Gasteiger partial charge in [-0.05, 0) is 73.8 Å². The molecule has 0 radical (unpaired) electrons. The number of para-hydroxylation sites is 1. The molecule has 1 spiro atoms. The second kappa shape index (κ2) is 16.6. The average Bonchev–Trinajstić information content (AvgIpc) is 3.48. The Kier molecular flexibility index (Phi) is 12.3. The van der Waals surface area contributed by atoms with Crippen LogP contribution < -0.4 is 10.6 Å². The maximum atomic E-state index is 14.2. The third-order valence-corrected chi connectivity index (χ3v) is 11.9. The molecular formula is C42H58N2O9. The number of anilines is 1. The first-order valence-corrected chi connectivity index (χ1v) is 19.4. The summed E-state index contributed by atoms with van der Waals surface area (Å²) in [5.41, 5.74) is 2.02. The van der Waals surface area contributed by atoms with E-state index < -0.39 is 41.6 Å². The Morgan fingerprint density at radius 2 is 1.91 bits per heavy atom. The highest BCUT2D eigenvalue weighted by molar-refractivity contribution is 5.89. The number of allylic oxidation sites excluding steroid dienone is 2. The summed E-state index contributed by atoms with van der Waals surface area (Å²) >= 11 is 0. The van der Waals surface area contributed by atoms with E-state index in [4.69, 9.17) is 23.7 Å². The number of ether oxygens (including phenoxy) is 5. The van der Waals surface area contributed by atoms with Gasteiger partial charge < -0.3 is 44.5 Å². The molecule has 4 aliphatic heterocycles. The van der Waals surface area contributed by atoms with Gasteiger partial charge in [-0.15, -0.1) is 0 Å². The molecule has 4 N–H and O–H groups in total. The van der Waals surface area contributed by atoms with Gasteiger partial charge in [-0.25, -0.2) is 4.79 Å². The third kappa shape index (κ3) is 8.35. The first-order valence-electron chi connectivity index (χ1n) is 19.4. The molecule has 2 bridgehead atoms. The van der Waals surface area contributed by atoms with Crippen LogP contribution in [0.1, 0.15) is 78.7 Å². The molecule has 53 heavy (non-hydrogen) atoms. The van der Waals surface area contributed by atoms with Crippen LogP contribution >= 0.6 is 0 Å². The molecule has 3 fully saturated rings. The number of aliphatic hydroxyl groups is 2. The summed E-state index contributed by atoms with van der Waals surface area (Å²) in [6.07, 6.45) is 10.9. The second-order valence-electron chi connectivity index (χ2n) is 15.6. The van der Waals surface area contributed by atoms with Crippen molar-refractivity contribution in [2.75, 3.05) is 25.6 Å². The molecule has 0 saturated carbocycles. The molecule has 2 amide bonds. The van der Waals surface area contributed by atoms with Crippen molar-refractivity contribution in [1.82, 2.24) is 5.32 Å². The smallest absolute Gasteiger partial charge is 0.318 e. The van der Waals surface area contributed by atoms with Gasteiger partial charge in [0.05, 0.1) is 31.5 Å². The van der Waals surface area contributed by atoms with Crippen molar-refractivity contribution in [3.05, 3.63) is 76.9 Å². The van der Waals surface area contributed by atoms with Crippen molar-refractivity contribution in [3.8, 4) is 0 Å². The average molecular weight is 735 g/mol. The van der Waals surface area contributed by atoms with Crippen LogP contribution in [0, 0.1) is 17.8 Å². The lowest BCUT2D eigenvalue weighted by molar-refractivity contribution is -0.335. The van der Waals surface area contributed by atoms with Crippen LogP contribution in [0.5, 0.6) is 0 Å². The highest BCUT2D eigenvalue weighted by Crippen LogP contribution is 2.47. The summed E-state index contributed by atoms with van der Waals surface area (Å²) in [4.78, 5) is 26.2. The summed E-state index contributed by atoms with van der Waals surface area (Å²) < 4.78 is 32.5. The van der Waals surface area contributed by atoms with Crippen molar-refractivity contribution < 1.29 is 43.5 Å². The SMILES string of the molecule is CC[C@H]1O[C@]2(CC[C@@H]1C)C[C@@H]1C[C@@H](C/C=C(\C)[C@H](OCCc3ccccc3NC(=O)NC)[C@@H](C)/C=C/C=C3\CO[C@H]4[C@H](O)C(C)=C[C@@H](C(=O)O1)[C@]34O)O2. The molecular weight excluding hydrogens is 676 g/mol. The number of hydrogen-bond donors (Lipinski definition) is 4. The van der Waals surface area contributed by atoms with E-state index in [1.54, 1.807) is 26.1 Å². The number of rotatable bonds is 6. The second-order valence-corrected chi connectivity index (χ2v) is 15.6. The molecule has 4 heterocycles. The molecule has 1 aromatic rings. The molecule has 1 aromatic carbocycles. The fourth-order valence-corrected chi connectivity index (χ4v) is 8.79. The molecule has 0 unspecified atom stereocenters. The highest BCUT2D eigenvalue weighted by atomic mass is 16.7. The van der Waals surface area contributed by atoms with Crippen LogP contribution in [0.15, 0.2) is 71.4 Å². The maximum Gasteiger partial charge on any atom is 0.318 e. The Hall–Kier alpha value is -3.32. The van der Waals surface area contributed by atoms with Crippen LogP contribution in [-0.2, 0) is 34.9 Å². The van der Waals surface area contributed by atoms with Gasteiger partial charge in [0.25, 0.3) is 0 Å². The monoisotopic (exact) mass is 734 g/mol. The maximum absolute atomic E-state index is 14.2.